The van der Waals surface area contributed by atoms with Crippen LogP contribution in [-0.4, -0.2) is 44.7 Å². The van der Waals surface area contributed by atoms with Crippen LogP contribution in [0.4, 0.5) is 5.69 Å². The van der Waals surface area contributed by atoms with Crippen molar-refractivity contribution in [1.29, 1.82) is 0 Å². The molecule has 0 bridgehead atoms. The van der Waals surface area contributed by atoms with Crippen LogP contribution in [0.2, 0.25) is 0 Å². The van der Waals surface area contributed by atoms with Crippen molar-refractivity contribution in [2.24, 2.45) is 0 Å². The molecule has 0 saturated heterocycles. The molecule has 2 rings (SSSR count). The smallest absolute Gasteiger partial charge is 0.344 e. The van der Waals surface area contributed by atoms with Gasteiger partial charge < -0.3 is 24.8 Å². The molecular weight excluding hydrogens is 412 g/mol. The van der Waals surface area contributed by atoms with Gasteiger partial charge in [-0.1, -0.05) is 39.0 Å². The fourth-order valence-electron chi connectivity index (χ4n) is 2.72. The number of aryl methyl sites for hydroxylation is 1. The number of ether oxygens (including phenoxy) is 3. The Morgan fingerprint density at radius 1 is 0.938 bits per heavy atom. The molecule has 2 aromatic rings. The van der Waals surface area contributed by atoms with Gasteiger partial charge in [0.25, 0.3) is 5.91 Å². The van der Waals surface area contributed by atoms with Crippen molar-refractivity contribution >= 4 is 23.5 Å². The van der Waals surface area contributed by atoms with Crippen LogP contribution >= 0.6 is 0 Å². The van der Waals surface area contributed by atoms with E-state index in [4.69, 9.17) is 14.2 Å². The lowest BCUT2D eigenvalue weighted by Crippen LogP contribution is -2.36. The van der Waals surface area contributed by atoms with E-state index in [1.54, 1.807) is 24.3 Å². The molecule has 2 amide bonds. The molecule has 172 valence electrons. The third-order valence-electron chi connectivity index (χ3n) is 4.52. The number of hydrogen-bond acceptors (Lipinski definition) is 6. The van der Waals surface area contributed by atoms with Crippen LogP contribution < -0.4 is 20.1 Å². The second kappa shape index (κ2) is 11.2. The van der Waals surface area contributed by atoms with E-state index < -0.39 is 24.4 Å². The molecule has 8 nitrogen and oxygen atoms in total. The van der Waals surface area contributed by atoms with E-state index in [1.165, 1.54) is 7.11 Å². The number of amides is 2. The summed E-state index contributed by atoms with van der Waals surface area (Å²) in [6.07, 6.45) is 0. The number of hydrogen-bond donors (Lipinski definition) is 2. The molecule has 0 aliphatic rings. The van der Waals surface area contributed by atoms with E-state index in [1.807, 2.05) is 25.1 Å². The molecule has 2 N–H and O–H groups in total. The minimum atomic E-state index is -0.686. The lowest BCUT2D eigenvalue weighted by molar-refractivity contribution is -0.150. The Morgan fingerprint density at radius 3 is 2.25 bits per heavy atom. The van der Waals surface area contributed by atoms with Crippen LogP contribution in [0.3, 0.4) is 0 Å². The van der Waals surface area contributed by atoms with Gasteiger partial charge in [-0.3, -0.25) is 9.59 Å². The van der Waals surface area contributed by atoms with Crippen LogP contribution in [-0.2, 0) is 24.5 Å². The average molecular weight is 443 g/mol. The third-order valence-corrected chi connectivity index (χ3v) is 4.52. The van der Waals surface area contributed by atoms with E-state index in [0.29, 0.717) is 17.2 Å². The van der Waals surface area contributed by atoms with Gasteiger partial charge in [0.2, 0.25) is 5.91 Å². The van der Waals surface area contributed by atoms with Crippen LogP contribution in [0.1, 0.15) is 31.9 Å². The third kappa shape index (κ3) is 7.94. The lowest BCUT2D eigenvalue weighted by Gasteiger charge is -2.19. The zero-order valence-corrected chi connectivity index (χ0v) is 19.1. The predicted molar refractivity (Wildman–Crippen MR) is 121 cm³/mol. The number of anilines is 1. The van der Waals surface area contributed by atoms with Crippen molar-refractivity contribution in [2.75, 3.05) is 32.2 Å². The first-order valence-electron chi connectivity index (χ1n) is 10.2. The van der Waals surface area contributed by atoms with Crippen molar-refractivity contribution < 1.29 is 28.6 Å². The molecule has 0 saturated carbocycles. The maximum absolute atomic E-state index is 12.1. The van der Waals surface area contributed by atoms with Crippen molar-refractivity contribution in [3.8, 4) is 11.5 Å². The Labute approximate surface area is 188 Å². The first-order chi connectivity index (χ1) is 15.1. The Hall–Kier alpha value is -3.55. The van der Waals surface area contributed by atoms with Crippen LogP contribution in [0, 0.1) is 6.92 Å². The highest BCUT2D eigenvalue weighted by Gasteiger charge is 2.14. The minimum absolute atomic E-state index is 0.0217. The summed E-state index contributed by atoms with van der Waals surface area (Å²) in [6, 6.07) is 12.8. The zero-order valence-electron chi connectivity index (χ0n) is 19.1. The number of esters is 1. The number of methoxy groups -OCH3 is 1. The Balaban J connectivity index is 1.69. The molecule has 0 atom stereocenters. The standard InChI is InChI=1S/C24H30N2O6/c1-16-6-11-20(30-5)19(12-16)26-21(27)13-25-22(28)14-32-23(29)15-31-18-9-7-17(8-10-18)24(2,3)4/h6-12H,13-15H2,1-5H3,(H,25,28)(H,26,27). The summed E-state index contributed by atoms with van der Waals surface area (Å²) < 4.78 is 15.5. The Morgan fingerprint density at radius 2 is 1.62 bits per heavy atom. The van der Waals surface area contributed by atoms with E-state index in [2.05, 4.69) is 31.4 Å². The SMILES string of the molecule is COc1ccc(C)cc1NC(=O)CNC(=O)COC(=O)COc1ccc(C(C)(C)C)cc1. The average Bonchev–Trinajstić information content (AvgIpc) is 2.74. The van der Waals surface area contributed by atoms with E-state index in [-0.39, 0.29) is 18.6 Å². The summed E-state index contributed by atoms with van der Waals surface area (Å²) in [6.45, 7) is 7.10. The van der Waals surface area contributed by atoms with Gasteiger partial charge in [0.15, 0.2) is 13.2 Å². The summed E-state index contributed by atoms with van der Waals surface area (Å²) in [5.41, 5.74) is 2.62. The van der Waals surface area contributed by atoms with Crippen molar-refractivity contribution in [3.63, 3.8) is 0 Å². The van der Waals surface area contributed by atoms with Gasteiger partial charge in [0.05, 0.1) is 19.3 Å². The number of benzene rings is 2. The van der Waals surface area contributed by atoms with Gasteiger partial charge in [-0.25, -0.2) is 4.79 Å². The first kappa shape index (κ1) is 24.7. The van der Waals surface area contributed by atoms with Gasteiger partial charge in [-0.05, 0) is 47.7 Å². The fraction of sp³-hybridized carbons (Fsp3) is 0.375. The molecule has 0 aliphatic carbocycles. The summed E-state index contributed by atoms with van der Waals surface area (Å²) in [4.78, 5) is 35.7. The predicted octanol–water partition coefficient (Wildman–Crippen LogP) is 2.98. The molecule has 0 aliphatic heterocycles. The van der Waals surface area contributed by atoms with Gasteiger partial charge in [-0.15, -0.1) is 0 Å². The van der Waals surface area contributed by atoms with Crippen LogP contribution in [0.25, 0.3) is 0 Å². The molecular formula is C24H30N2O6. The quantitative estimate of drug-likeness (QED) is 0.579. The highest BCUT2D eigenvalue weighted by Crippen LogP contribution is 2.25. The van der Waals surface area contributed by atoms with Gasteiger partial charge in [-0.2, -0.15) is 0 Å². The molecule has 2 aromatic carbocycles. The van der Waals surface area contributed by atoms with Crippen LogP contribution in [0.15, 0.2) is 42.5 Å². The summed E-state index contributed by atoms with van der Waals surface area (Å²) in [7, 11) is 1.50. The van der Waals surface area contributed by atoms with E-state index in [9.17, 15) is 14.4 Å². The topological polar surface area (TPSA) is 103 Å². The molecule has 0 unspecified atom stereocenters. The van der Waals surface area contributed by atoms with Crippen molar-refractivity contribution in [1.82, 2.24) is 5.32 Å². The number of rotatable bonds is 9. The highest BCUT2D eigenvalue weighted by atomic mass is 16.6. The summed E-state index contributed by atoms with van der Waals surface area (Å²) in [5, 5.41) is 5.06. The Kier molecular flexibility index (Phi) is 8.63. The highest BCUT2D eigenvalue weighted by molar-refractivity contribution is 5.96. The zero-order chi connectivity index (χ0) is 23.7. The molecule has 0 heterocycles. The Bertz CT molecular complexity index is 948. The largest absolute Gasteiger partial charge is 0.495 e. The van der Waals surface area contributed by atoms with E-state index in [0.717, 1.165) is 11.1 Å². The lowest BCUT2D eigenvalue weighted by atomic mass is 9.87. The minimum Gasteiger partial charge on any atom is -0.495 e. The molecule has 32 heavy (non-hydrogen) atoms. The van der Waals surface area contributed by atoms with Gasteiger partial charge >= 0.3 is 5.97 Å². The molecule has 0 fully saturated rings. The second-order valence-electron chi connectivity index (χ2n) is 8.25. The number of carbonyl (C=O) groups is 3. The molecule has 0 radical (unpaired) electrons. The van der Waals surface area contributed by atoms with Crippen LogP contribution in [0.5, 0.6) is 11.5 Å². The fourth-order valence-corrected chi connectivity index (χ4v) is 2.72. The summed E-state index contributed by atoms with van der Waals surface area (Å²) >= 11 is 0. The number of carbonyl (C=O) groups excluding carboxylic acids is 3. The maximum atomic E-state index is 12.1. The second-order valence-corrected chi connectivity index (χ2v) is 8.25. The maximum Gasteiger partial charge on any atom is 0.344 e. The normalized spacial score (nSPS) is 10.8. The molecule has 0 spiro atoms. The van der Waals surface area contributed by atoms with Gasteiger partial charge in [0, 0.05) is 0 Å². The van der Waals surface area contributed by atoms with Gasteiger partial charge in [0.1, 0.15) is 11.5 Å². The molecule has 8 heteroatoms. The first-order valence-corrected chi connectivity index (χ1v) is 10.2. The van der Waals surface area contributed by atoms with Crippen molar-refractivity contribution in [2.45, 2.75) is 33.1 Å². The van der Waals surface area contributed by atoms with Crippen molar-refractivity contribution in [3.05, 3.63) is 53.6 Å². The monoisotopic (exact) mass is 442 g/mol. The summed E-state index contributed by atoms with van der Waals surface area (Å²) in [5.74, 6) is -0.677. The van der Waals surface area contributed by atoms with E-state index >= 15 is 0 Å². The number of nitrogens with one attached hydrogen (secondary N) is 2. The molecule has 0 aromatic heterocycles.